The Hall–Kier alpha value is -0.0900. The van der Waals surface area contributed by atoms with E-state index < -0.39 is 0 Å². The Balaban J connectivity index is 2.43. The van der Waals surface area contributed by atoms with Crippen LogP contribution in [0, 0.1) is 0 Å². The van der Waals surface area contributed by atoms with Crippen molar-refractivity contribution in [2.24, 2.45) is 0 Å². The van der Waals surface area contributed by atoms with Gasteiger partial charge in [-0.05, 0) is 12.1 Å². The molecule has 2 rings (SSSR count). The van der Waals surface area contributed by atoms with Gasteiger partial charge < -0.3 is 0 Å². The lowest BCUT2D eigenvalue weighted by Gasteiger charge is -1.84. The zero-order chi connectivity index (χ0) is 8.55. The SMILES string of the molecule is Clc1ccc(-c2cnc(Cl)s2)s1. The van der Waals surface area contributed by atoms with E-state index in [1.807, 2.05) is 12.1 Å². The average Bonchev–Trinajstić information content (AvgIpc) is 2.58. The normalized spacial score (nSPS) is 10.5. The van der Waals surface area contributed by atoms with Crippen LogP contribution in [0.25, 0.3) is 9.75 Å². The van der Waals surface area contributed by atoms with E-state index in [9.17, 15) is 0 Å². The molecule has 0 aliphatic carbocycles. The first-order valence-corrected chi connectivity index (χ1v) is 5.51. The smallest absolute Gasteiger partial charge is 0.184 e. The molecule has 0 saturated heterocycles. The van der Waals surface area contributed by atoms with Crippen molar-refractivity contribution in [2.75, 3.05) is 0 Å². The monoisotopic (exact) mass is 235 g/mol. The van der Waals surface area contributed by atoms with Crippen molar-refractivity contribution in [1.29, 1.82) is 0 Å². The molecule has 1 nitrogen and oxygen atoms in total. The summed E-state index contributed by atoms with van der Waals surface area (Å²) < 4.78 is 1.35. The molecule has 0 amide bonds. The summed E-state index contributed by atoms with van der Waals surface area (Å²) in [5, 5.41) is 0. The van der Waals surface area contributed by atoms with Crippen molar-refractivity contribution < 1.29 is 0 Å². The number of hydrogen-bond acceptors (Lipinski definition) is 3. The van der Waals surface area contributed by atoms with Gasteiger partial charge in [-0.1, -0.05) is 23.2 Å². The molecule has 0 unspecified atom stereocenters. The maximum atomic E-state index is 5.79. The van der Waals surface area contributed by atoms with Gasteiger partial charge in [-0.15, -0.1) is 22.7 Å². The van der Waals surface area contributed by atoms with Gasteiger partial charge in [0.15, 0.2) is 4.47 Å². The van der Waals surface area contributed by atoms with E-state index in [4.69, 9.17) is 23.2 Å². The van der Waals surface area contributed by atoms with Crippen LogP contribution in [-0.4, -0.2) is 4.98 Å². The quantitative estimate of drug-likeness (QED) is 0.723. The Morgan fingerprint density at radius 1 is 1.08 bits per heavy atom. The van der Waals surface area contributed by atoms with E-state index in [0.717, 1.165) is 14.1 Å². The molecule has 0 atom stereocenters. The second-order valence-corrected chi connectivity index (χ2v) is 5.41. The molecule has 5 heteroatoms. The van der Waals surface area contributed by atoms with Crippen LogP contribution in [0.15, 0.2) is 18.3 Å². The fourth-order valence-corrected chi connectivity index (χ4v) is 2.87. The molecule has 0 radical (unpaired) electrons. The van der Waals surface area contributed by atoms with Gasteiger partial charge in [-0.3, -0.25) is 0 Å². The molecule has 12 heavy (non-hydrogen) atoms. The van der Waals surface area contributed by atoms with Crippen molar-refractivity contribution in [2.45, 2.75) is 0 Å². The zero-order valence-electron chi connectivity index (χ0n) is 5.75. The van der Waals surface area contributed by atoms with E-state index in [1.165, 1.54) is 22.7 Å². The summed E-state index contributed by atoms with van der Waals surface area (Å²) in [6.07, 6.45) is 1.76. The summed E-state index contributed by atoms with van der Waals surface area (Å²) in [6, 6.07) is 3.84. The standard InChI is InChI=1S/C7H3Cl2NS2/c8-6-2-1-4(11-6)5-3-10-7(9)12-5/h1-3H. The van der Waals surface area contributed by atoms with Crippen molar-refractivity contribution in [3.8, 4) is 9.75 Å². The molecule has 0 N–H and O–H groups in total. The Kier molecular flexibility index (Phi) is 2.37. The highest BCUT2D eigenvalue weighted by Gasteiger charge is 2.04. The molecule has 2 aromatic rings. The number of nitrogens with zero attached hydrogens (tertiary/aromatic N) is 1. The average molecular weight is 236 g/mol. The summed E-state index contributed by atoms with van der Waals surface area (Å²) in [5.74, 6) is 0. The number of thiazole rings is 1. The van der Waals surface area contributed by atoms with Crippen molar-refractivity contribution >= 4 is 45.9 Å². The Labute approximate surface area is 87.6 Å². The van der Waals surface area contributed by atoms with E-state index >= 15 is 0 Å². The van der Waals surface area contributed by atoms with Crippen LogP contribution in [0.2, 0.25) is 8.80 Å². The Bertz CT molecular complexity index is 355. The molecule has 2 heterocycles. The third-order valence-electron chi connectivity index (χ3n) is 1.29. The molecule has 0 spiro atoms. The molecule has 2 aromatic heterocycles. The van der Waals surface area contributed by atoms with Crippen LogP contribution >= 0.6 is 45.9 Å². The highest BCUT2D eigenvalue weighted by molar-refractivity contribution is 7.25. The van der Waals surface area contributed by atoms with E-state index in [0.29, 0.717) is 4.47 Å². The van der Waals surface area contributed by atoms with Crippen LogP contribution in [-0.2, 0) is 0 Å². The van der Waals surface area contributed by atoms with E-state index in [1.54, 1.807) is 6.20 Å². The summed E-state index contributed by atoms with van der Waals surface area (Å²) in [7, 11) is 0. The lowest BCUT2D eigenvalue weighted by atomic mass is 10.4. The van der Waals surface area contributed by atoms with Crippen LogP contribution in [0.1, 0.15) is 0 Å². The number of rotatable bonds is 1. The largest absolute Gasteiger partial charge is 0.233 e. The fraction of sp³-hybridized carbons (Fsp3) is 0. The number of halogens is 2. The third-order valence-corrected chi connectivity index (χ3v) is 3.84. The lowest BCUT2D eigenvalue weighted by molar-refractivity contribution is 1.43. The van der Waals surface area contributed by atoms with Gasteiger partial charge in [0, 0.05) is 11.1 Å². The van der Waals surface area contributed by atoms with E-state index in [-0.39, 0.29) is 0 Å². The minimum atomic E-state index is 0.564. The minimum Gasteiger partial charge on any atom is -0.233 e. The van der Waals surface area contributed by atoms with Gasteiger partial charge in [0.1, 0.15) is 0 Å². The maximum Gasteiger partial charge on any atom is 0.184 e. The van der Waals surface area contributed by atoms with Crippen molar-refractivity contribution in [1.82, 2.24) is 4.98 Å². The molecule has 0 saturated carbocycles. The highest BCUT2D eigenvalue weighted by Crippen LogP contribution is 2.35. The first-order valence-electron chi connectivity index (χ1n) is 3.13. The predicted octanol–water partition coefficient (Wildman–Crippen LogP) is 4.18. The topological polar surface area (TPSA) is 12.9 Å². The van der Waals surface area contributed by atoms with Crippen molar-refractivity contribution in [3.63, 3.8) is 0 Å². The first kappa shape index (κ1) is 8.51. The summed E-state index contributed by atoms with van der Waals surface area (Å²) in [5.41, 5.74) is 0. The van der Waals surface area contributed by atoms with Crippen LogP contribution in [0.5, 0.6) is 0 Å². The fourth-order valence-electron chi connectivity index (χ4n) is 0.813. The van der Waals surface area contributed by atoms with Crippen molar-refractivity contribution in [3.05, 3.63) is 27.1 Å². The molecular formula is C7H3Cl2NS2. The molecule has 0 aliphatic heterocycles. The lowest BCUT2D eigenvalue weighted by Crippen LogP contribution is -1.57. The van der Waals surface area contributed by atoms with Crippen LogP contribution in [0.3, 0.4) is 0 Å². The van der Waals surface area contributed by atoms with Gasteiger partial charge in [0.05, 0.1) is 9.21 Å². The van der Waals surface area contributed by atoms with Crippen LogP contribution in [0.4, 0.5) is 0 Å². The number of thiophene rings is 1. The first-order chi connectivity index (χ1) is 5.75. The molecule has 62 valence electrons. The molecule has 0 aliphatic rings. The van der Waals surface area contributed by atoms with Gasteiger partial charge in [0.25, 0.3) is 0 Å². The summed E-state index contributed by atoms with van der Waals surface area (Å²) in [6.45, 7) is 0. The molecule has 0 bridgehead atoms. The zero-order valence-corrected chi connectivity index (χ0v) is 8.90. The minimum absolute atomic E-state index is 0.564. The van der Waals surface area contributed by atoms with Gasteiger partial charge in [-0.2, -0.15) is 0 Å². The predicted molar refractivity (Wildman–Crippen MR) is 55.4 cm³/mol. The maximum absolute atomic E-state index is 5.79. The number of aromatic nitrogens is 1. The third kappa shape index (κ3) is 1.64. The second-order valence-electron chi connectivity index (χ2n) is 2.08. The second kappa shape index (κ2) is 3.34. The number of hydrogen-bond donors (Lipinski definition) is 0. The summed E-state index contributed by atoms with van der Waals surface area (Å²) >= 11 is 14.5. The van der Waals surface area contributed by atoms with Gasteiger partial charge in [-0.25, -0.2) is 4.98 Å². The molecule has 0 fully saturated rings. The Morgan fingerprint density at radius 3 is 2.42 bits per heavy atom. The van der Waals surface area contributed by atoms with Gasteiger partial charge >= 0.3 is 0 Å². The summed E-state index contributed by atoms with van der Waals surface area (Å²) in [4.78, 5) is 6.13. The Morgan fingerprint density at radius 2 is 1.92 bits per heavy atom. The van der Waals surface area contributed by atoms with Gasteiger partial charge in [0.2, 0.25) is 0 Å². The molecule has 0 aromatic carbocycles. The van der Waals surface area contributed by atoms with E-state index in [2.05, 4.69) is 4.98 Å². The molecular weight excluding hydrogens is 233 g/mol. The highest BCUT2D eigenvalue weighted by atomic mass is 35.5. The van der Waals surface area contributed by atoms with Crippen LogP contribution < -0.4 is 0 Å².